The zero-order valence-corrected chi connectivity index (χ0v) is 18.2. The molecule has 1 amide bonds. The van der Waals surface area contributed by atoms with Crippen molar-refractivity contribution in [2.24, 2.45) is 0 Å². The van der Waals surface area contributed by atoms with E-state index in [2.05, 4.69) is 9.97 Å². The number of ether oxygens (including phenoxy) is 1. The largest absolute Gasteiger partial charge is 0.493 e. The van der Waals surface area contributed by atoms with E-state index in [0.29, 0.717) is 22.3 Å². The number of alkyl halides is 2. The molecule has 3 aromatic carbocycles. The molecule has 0 radical (unpaired) electrons. The first-order chi connectivity index (χ1) is 16.9. The van der Waals surface area contributed by atoms with Crippen LogP contribution in [0.5, 0.6) is 5.75 Å². The van der Waals surface area contributed by atoms with Crippen LogP contribution < -0.4 is 9.64 Å². The fourth-order valence-electron chi connectivity index (χ4n) is 4.11. The quantitative estimate of drug-likeness (QED) is 0.199. The molecule has 5 nitrogen and oxygen atoms in total. The second kappa shape index (κ2) is 9.25. The maximum Gasteiger partial charge on any atom is 0.257 e. The van der Waals surface area contributed by atoms with Gasteiger partial charge in [0.05, 0.1) is 35.6 Å². The molecule has 0 spiro atoms. The van der Waals surface area contributed by atoms with E-state index in [1.165, 1.54) is 11.2 Å². The summed E-state index contributed by atoms with van der Waals surface area (Å²) in [7, 11) is 0. The highest BCUT2D eigenvalue weighted by atomic mass is 19.3. The summed E-state index contributed by atoms with van der Waals surface area (Å²) in [6.07, 6.45) is -0.0343. The van der Waals surface area contributed by atoms with Gasteiger partial charge in [-0.05, 0) is 29.8 Å². The van der Waals surface area contributed by atoms with Gasteiger partial charge in [0, 0.05) is 29.8 Å². The van der Waals surface area contributed by atoms with E-state index < -0.39 is 36.4 Å². The predicted octanol–water partition coefficient (Wildman–Crippen LogP) is 6.05. The molecule has 0 bridgehead atoms. The van der Waals surface area contributed by atoms with Gasteiger partial charge in [-0.15, -0.1) is 0 Å². The Balaban J connectivity index is 1.56. The molecular formula is C26H19F4N3O2. The Kier molecular flexibility index (Phi) is 5.98. The van der Waals surface area contributed by atoms with Gasteiger partial charge in [-0.25, -0.2) is 22.5 Å². The van der Waals surface area contributed by atoms with Crippen LogP contribution in [-0.4, -0.2) is 28.9 Å². The summed E-state index contributed by atoms with van der Waals surface area (Å²) in [5, 5.41) is 0. The van der Waals surface area contributed by atoms with Crippen molar-refractivity contribution in [1.29, 1.82) is 0 Å². The van der Waals surface area contributed by atoms with E-state index in [1.807, 2.05) is 6.07 Å². The molecule has 5 rings (SSSR count). The number of nitrogens with one attached hydrogen (secondary N) is 1. The number of amides is 1. The number of β-lactam (4-membered cyclic amide) rings is 1. The number of H-pyrrole nitrogens is 1. The fraction of sp³-hybridized carbons (Fsp3) is 0.154. The number of hydrogen-bond donors (Lipinski definition) is 1. The lowest BCUT2D eigenvalue weighted by Gasteiger charge is -2.43. The number of halogens is 4. The molecular weight excluding hydrogens is 462 g/mol. The number of aromatic amines is 1. The number of hydrogen-bond acceptors (Lipinski definition) is 3. The molecule has 2 heterocycles. The average molecular weight is 481 g/mol. The molecule has 1 atom stereocenters. The van der Waals surface area contributed by atoms with Crippen molar-refractivity contribution < 1.29 is 27.1 Å². The Morgan fingerprint density at radius 3 is 2.51 bits per heavy atom. The van der Waals surface area contributed by atoms with Crippen molar-refractivity contribution in [2.75, 3.05) is 11.5 Å². The molecule has 4 aromatic rings. The maximum absolute atomic E-state index is 15.3. The van der Waals surface area contributed by atoms with Crippen molar-refractivity contribution >= 4 is 28.7 Å². The van der Waals surface area contributed by atoms with E-state index in [1.54, 1.807) is 48.5 Å². The molecule has 0 unspecified atom stereocenters. The Morgan fingerprint density at radius 1 is 1.06 bits per heavy atom. The topological polar surface area (TPSA) is 58.2 Å². The van der Waals surface area contributed by atoms with Crippen molar-refractivity contribution in [3.63, 3.8) is 0 Å². The smallest absolute Gasteiger partial charge is 0.257 e. The molecule has 1 N–H and O–H groups in total. The van der Waals surface area contributed by atoms with E-state index in [-0.39, 0.29) is 23.5 Å². The molecule has 1 saturated heterocycles. The lowest BCUT2D eigenvalue weighted by Crippen LogP contribution is -2.50. The van der Waals surface area contributed by atoms with Gasteiger partial charge in [-0.1, -0.05) is 30.3 Å². The maximum atomic E-state index is 15.3. The SMILES string of the molecule is O=C1/C(=C\c2ccccc2)[C@H](c2c(F)cc(OCCC(F)F)cc2F)N1c1ccc2nc[nH]c2c1. The Labute approximate surface area is 197 Å². The van der Waals surface area contributed by atoms with E-state index in [4.69, 9.17) is 4.74 Å². The third-order valence-electron chi connectivity index (χ3n) is 5.75. The Bertz CT molecular complexity index is 1400. The summed E-state index contributed by atoms with van der Waals surface area (Å²) >= 11 is 0. The zero-order valence-electron chi connectivity index (χ0n) is 18.2. The number of aromatic nitrogens is 2. The molecule has 35 heavy (non-hydrogen) atoms. The molecule has 0 aliphatic carbocycles. The van der Waals surface area contributed by atoms with Crippen LogP contribution in [-0.2, 0) is 4.79 Å². The summed E-state index contributed by atoms with van der Waals surface area (Å²) in [6.45, 7) is -0.382. The molecule has 1 aliphatic heterocycles. The number of imidazole rings is 1. The number of fused-ring (bicyclic) bond motifs is 1. The first-order valence-corrected chi connectivity index (χ1v) is 10.9. The highest BCUT2D eigenvalue weighted by Gasteiger charge is 2.46. The Morgan fingerprint density at radius 2 is 1.80 bits per heavy atom. The Hall–Kier alpha value is -4.14. The van der Waals surface area contributed by atoms with Crippen LogP contribution in [0.15, 0.2) is 72.6 Å². The summed E-state index contributed by atoms with van der Waals surface area (Å²) in [6, 6.07) is 14.9. The van der Waals surface area contributed by atoms with Crippen molar-refractivity contribution in [1.82, 2.24) is 9.97 Å². The van der Waals surface area contributed by atoms with Crippen LogP contribution in [0.4, 0.5) is 23.2 Å². The lowest BCUT2D eigenvalue weighted by molar-refractivity contribution is -0.118. The fourth-order valence-corrected chi connectivity index (χ4v) is 4.11. The summed E-state index contributed by atoms with van der Waals surface area (Å²) in [5.74, 6) is -2.48. The highest BCUT2D eigenvalue weighted by Crippen LogP contribution is 2.46. The summed E-state index contributed by atoms with van der Waals surface area (Å²) in [5.41, 5.74) is 2.37. The van der Waals surface area contributed by atoms with Crippen LogP contribution in [0.3, 0.4) is 0 Å². The van der Waals surface area contributed by atoms with E-state index in [9.17, 15) is 13.6 Å². The molecule has 1 fully saturated rings. The van der Waals surface area contributed by atoms with Crippen LogP contribution in [0.25, 0.3) is 17.1 Å². The van der Waals surface area contributed by atoms with Gasteiger partial charge in [0.25, 0.3) is 5.91 Å². The molecule has 9 heteroatoms. The number of benzene rings is 3. The number of carbonyl (C=O) groups excluding carboxylic acids is 1. The van der Waals surface area contributed by atoms with Crippen LogP contribution in [0.1, 0.15) is 23.6 Å². The molecule has 0 saturated carbocycles. The minimum absolute atomic E-state index is 0.200. The monoisotopic (exact) mass is 481 g/mol. The van der Waals surface area contributed by atoms with Gasteiger partial charge in [0.1, 0.15) is 17.4 Å². The van der Waals surface area contributed by atoms with Crippen molar-refractivity contribution in [3.8, 4) is 5.75 Å². The first-order valence-electron chi connectivity index (χ1n) is 10.9. The minimum atomic E-state index is -2.59. The van der Waals surface area contributed by atoms with Gasteiger partial charge >= 0.3 is 0 Å². The summed E-state index contributed by atoms with van der Waals surface area (Å²) in [4.78, 5) is 21.6. The average Bonchev–Trinajstić information content (AvgIpc) is 3.30. The highest BCUT2D eigenvalue weighted by molar-refractivity contribution is 6.18. The van der Waals surface area contributed by atoms with Crippen LogP contribution in [0.2, 0.25) is 0 Å². The second-order valence-corrected chi connectivity index (χ2v) is 8.02. The minimum Gasteiger partial charge on any atom is -0.493 e. The normalized spacial score (nSPS) is 16.8. The standard InChI is InChI=1S/C26H19F4N3O2/c27-19-12-17(35-9-8-23(29)30)13-20(28)24(19)25-18(10-15-4-2-1-3-5-15)26(34)33(25)16-6-7-21-22(11-16)32-14-31-21/h1-7,10-14,23,25H,8-9H2,(H,31,32)/b18-10-/t25-/m1/s1. The van der Waals surface area contributed by atoms with Crippen LogP contribution >= 0.6 is 0 Å². The van der Waals surface area contributed by atoms with Crippen LogP contribution in [0, 0.1) is 11.6 Å². The van der Waals surface area contributed by atoms with Gasteiger partial charge < -0.3 is 9.72 Å². The van der Waals surface area contributed by atoms with Gasteiger partial charge in [-0.3, -0.25) is 9.69 Å². The third-order valence-corrected chi connectivity index (χ3v) is 5.75. The van der Waals surface area contributed by atoms with Gasteiger partial charge in [-0.2, -0.15) is 0 Å². The third kappa shape index (κ3) is 4.37. The van der Waals surface area contributed by atoms with Gasteiger partial charge in [0.15, 0.2) is 0 Å². The van der Waals surface area contributed by atoms with E-state index >= 15 is 8.78 Å². The van der Waals surface area contributed by atoms with E-state index in [0.717, 1.165) is 12.1 Å². The molecule has 1 aliphatic rings. The number of carbonyl (C=O) groups is 1. The molecule has 178 valence electrons. The summed E-state index contributed by atoms with van der Waals surface area (Å²) < 4.78 is 60.4. The van der Waals surface area contributed by atoms with Crippen molar-refractivity contribution in [3.05, 3.63) is 95.3 Å². The first kappa shape index (κ1) is 22.6. The zero-order chi connectivity index (χ0) is 24.5. The van der Waals surface area contributed by atoms with Gasteiger partial charge in [0.2, 0.25) is 6.43 Å². The van der Waals surface area contributed by atoms with Crippen molar-refractivity contribution in [2.45, 2.75) is 18.9 Å². The molecule has 1 aromatic heterocycles. The predicted molar refractivity (Wildman–Crippen MR) is 123 cm³/mol. The number of anilines is 1. The number of rotatable bonds is 7. The lowest BCUT2D eigenvalue weighted by atomic mass is 9.85. The number of nitrogens with zero attached hydrogens (tertiary/aromatic N) is 2. The second-order valence-electron chi connectivity index (χ2n) is 8.02.